The summed E-state index contributed by atoms with van der Waals surface area (Å²) in [5, 5.41) is 0. The molecule has 2 aliphatic rings. The minimum atomic E-state index is 0.770. The van der Waals surface area contributed by atoms with Crippen LogP contribution in [-0.2, 0) is 0 Å². The van der Waals surface area contributed by atoms with Crippen molar-refractivity contribution in [2.45, 2.75) is 44.6 Å². The lowest BCUT2D eigenvalue weighted by Gasteiger charge is -2.37. The van der Waals surface area contributed by atoms with Gasteiger partial charge >= 0.3 is 0 Å². The standard InChI is InChI=1S/C17H26N2/c1-13-4-7-17(16(12-13)14-5-6-14)19-10-8-15(9-11-19)18(2)3/h4,7,12,14-15H,5-6,8-11H2,1-3H3. The predicted octanol–water partition coefficient (Wildman–Crippen LogP) is 3.40. The fourth-order valence-electron chi connectivity index (χ4n) is 3.31. The summed E-state index contributed by atoms with van der Waals surface area (Å²) < 4.78 is 0. The van der Waals surface area contributed by atoms with Crippen molar-refractivity contribution in [3.63, 3.8) is 0 Å². The third-order valence-electron chi connectivity index (χ3n) is 4.74. The zero-order chi connectivity index (χ0) is 13.4. The molecule has 1 saturated carbocycles. The maximum absolute atomic E-state index is 2.62. The molecular weight excluding hydrogens is 232 g/mol. The minimum Gasteiger partial charge on any atom is -0.371 e. The van der Waals surface area contributed by atoms with Gasteiger partial charge in [-0.25, -0.2) is 0 Å². The molecule has 1 aromatic carbocycles. The smallest absolute Gasteiger partial charge is 0.0401 e. The number of hydrogen-bond donors (Lipinski definition) is 0. The second kappa shape index (κ2) is 5.16. The molecule has 19 heavy (non-hydrogen) atoms. The maximum atomic E-state index is 2.62. The van der Waals surface area contributed by atoms with Gasteiger partial charge in [-0.1, -0.05) is 17.7 Å². The third kappa shape index (κ3) is 2.79. The van der Waals surface area contributed by atoms with E-state index in [0.29, 0.717) is 0 Å². The molecule has 0 spiro atoms. The van der Waals surface area contributed by atoms with Gasteiger partial charge in [0.2, 0.25) is 0 Å². The quantitative estimate of drug-likeness (QED) is 0.820. The Kier molecular flexibility index (Phi) is 3.53. The molecule has 104 valence electrons. The van der Waals surface area contributed by atoms with Crippen LogP contribution in [0.15, 0.2) is 18.2 Å². The van der Waals surface area contributed by atoms with Crippen molar-refractivity contribution in [1.82, 2.24) is 4.90 Å². The summed E-state index contributed by atoms with van der Waals surface area (Å²) in [5.41, 5.74) is 4.54. The Morgan fingerprint density at radius 1 is 1.05 bits per heavy atom. The fraction of sp³-hybridized carbons (Fsp3) is 0.647. The number of anilines is 1. The van der Waals surface area contributed by atoms with Gasteiger partial charge in [0.25, 0.3) is 0 Å². The number of piperidine rings is 1. The normalized spacial score (nSPS) is 21.2. The molecule has 1 heterocycles. The van der Waals surface area contributed by atoms with E-state index in [1.807, 2.05) is 0 Å². The number of nitrogens with zero attached hydrogens (tertiary/aromatic N) is 2. The van der Waals surface area contributed by atoms with Crippen LogP contribution in [0.25, 0.3) is 0 Å². The van der Waals surface area contributed by atoms with Gasteiger partial charge in [-0.15, -0.1) is 0 Å². The Morgan fingerprint density at radius 2 is 1.74 bits per heavy atom. The molecule has 0 atom stereocenters. The highest BCUT2D eigenvalue weighted by molar-refractivity contribution is 5.58. The summed E-state index contributed by atoms with van der Waals surface area (Å²) in [6, 6.07) is 7.83. The van der Waals surface area contributed by atoms with Crippen molar-refractivity contribution in [2.75, 3.05) is 32.1 Å². The Hall–Kier alpha value is -1.02. The third-order valence-corrected chi connectivity index (χ3v) is 4.74. The Morgan fingerprint density at radius 3 is 2.32 bits per heavy atom. The van der Waals surface area contributed by atoms with Crippen LogP contribution in [0.2, 0.25) is 0 Å². The van der Waals surface area contributed by atoms with E-state index < -0.39 is 0 Å². The van der Waals surface area contributed by atoms with Crippen LogP contribution in [0.4, 0.5) is 5.69 Å². The maximum Gasteiger partial charge on any atom is 0.0401 e. The van der Waals surface area contributed by atoms with E-state index in [0.717, 1.165) is 12.0 Å². The Labute approximate surface area is 117 Å². The average Bonchev–Trinajstić information content (AvgIpc) is 3.23. The topological polar surface area (TPSA) is 6.48 Å². The van der Waals surface area contributed by atoms with Crippen LogP contribution in [-0.4, -0.2) is 38.1 Å². The lowest BCUT2D eigenvalue weighted by Crippen LogP contribution is -2.42. The molecule has 1 aliphatic carbocycles. The van der Waals surface area contributed by atoms with E-state index in [-0.39, 0.29) is 0 Å². The largest absolute Gasteiger partial charge is 0.371 e. The van der Waals surface area contributed by atoms with Crippen LogP contribution >= 0.6 is 0 Å². The molecular formula is C17H26N2. The van der Waals surface area contributed by atoms with E-state index in [1.54, 1.807) is 5.56 Å². The lowest BCUT2D eigenvalue weighted by atomic mass is 9.99. The summed E-state index contributed by atoms with van der Waals surface area (Å²) >= 11 is 0. The van der Waals surface area contributed by atoms with E-state index in [4.69, 9.17) is 0 Å². The van der Waals surface area contributed by atoms with Crippen LogP contribution in [0, 0.1) is 6.92 Å². The van der Waals surface area contributed by atoms with Crippen molar-refractivity contribution >= 4 is 5.69 Å². The molecule has 3 rings (SSSR count). The molecule has 2 nitrogen and oxygen atoms in total. The lowest BCUT2D eigenvalue weighted by molar-refractivity contribution is 0.249. The molecule has 0 aromatic heterocycles. The molecule has 0 amide bonds. The van der Waals surface area contributed by atoms with Crippen molar-refractivity contribution in [3.05, 3.63) is 29.3 Å². The van der Waals surface area contributed by atoms with E-state index in [9.17, 15) is 0 Å². The molecule has 2 fully saturated rings. The highest BCUT2D eigenvalue weighted by Gasteiger charge is 2.29. The van der Waals surface area contributed by atoms with Gasteiger partial charge in [-0.05, 0) is 64.3 Å². The highest BCUT2D eigenvalue weighted by atomic mass is 15.2. The molecule has 1 aliphatic heterocycles. The second-order valence-electron chi connectivity index (χ2n) is 6.52. The zero-order valence-corrected chi connectivity index (χ0v) is 12.5. The van der Waals surface area contributed by atoms with Gasteiger partial charge in [0.1, 0.15) is 0 Å². The first-order valence-corrected chi connectivity index (χ1v) is 7.67. The van der Waals surface area contributed by atoms with Crippen molar-refractivity contribution in [3.8, 4) is 0 Å². The summed E-state index contributed by atoms with van der Waals surface area (Å²) in [6.07, 6.45) is 5.38. The summed E-state index contributed by atoms with van der Waals surface area (Å²) in [6.45, 7) is 4.64. The summed E-state index contributed by atoms with van der Waals surface area (Å²) in [4.78, 5) is 5.00. The van der Waals surface area contributed by atoms with Crippen LogP contribution in [0.5, 0.6) is 0 Å². The van der Waals surface area contributed by atoms with Gasteiger partial charge in [0.15, 0.2) is 0 Å². The Bertz CT molecular complexity index is 441. The molecule has 1 aromatic rings. The SMILES string of the molecule is Cc1ccc(N2CCC(N(C)C)CC2)c(C2CC2)c1. The first-order valence-electron chi connectivity index (χ1n) is 7.67. The van der Waals surface area contributed by atoms with Crippen molar-refractivity contribution in [1.29, 1.82) is 0 Å². The first-order chi connectivity index (χ1) is 9.15. The van der Waals surface area contributed by atoms with Gasteiger partial charge in [0, 0.05) is 24.8 Å². The molecule has 0 N–H and O–H groups in total. The number of hydrogen-bond acceptors (Lipinski definition) is 2. The van der Waals surface area contributed by atoms with Gasteiger partial charge in [0.05, 0.1) is 0 Å². The van der Waals surface area contributed by atoms with Gasteiger partial charge < -0.3 is 9.80 Å². The summed E-state index contributed by atoms with van der Waals surface area (Å²) in [7, 11) is 4.42. The predicted molar refractivity (Wildman–Crippen MR) is 82.1 cm³/mol. The first kappa shape index (κ1) is 13.0. The van der Waals surface area contributed by atoms with Crippen LogP contribution < -0.4 is 4.90 Å². The number of rotatable bonds is 3. The van der Waals surface area contributed by atoms with E-state index >= 15 is 0 Å². The average molecular weight is 258 g/mol. The van der Waals surface area contributed by atoms with Gasteiger partial charge in [-0.2, -0.15) is 0 Å². The Balaban J connectivity index is 1.76. The van der Waals surface area contributed by atoms with E-state index in [2.05, 4.69) is 49.0 Å². The molecule has 0 bridgehead atoms. The molecule has 2 heteroatoms. The second-order valence-corrected chi connectivity index (χ2v) is 6.52. The van der Waals surface area contributed by atoms with Crippen molar-refractivity contribution in [2.24, 2.45) is 0 Å². The van der Waals surface area contributed by atoms with Gasteiger partial charge in [-0.3, -0.25) is 0 Å². The number of aryl methyl sites for hydroxylation is 1. The highest BCUT2D eigenvalue weighted by Crippen LogP contribution is 2.45. The number of benzene rings is 1. The monoisotopic (exact) mass is 258 g/mol. The fourth-order valence-corrected chi connectivity index (χ4v) is 3.31. The van der Waals surface area contributed by atoms with Crippen LogP contribution in [0.1, 0.15) is 42.7 Å². The van der Waals surface area contributed by atoms with Crippen LogP contribution in [0.3, 0.4) is 0 Å². The van der Waals surface area contributed by atoms with E-state index in [1.165, 1.54) is 50.0 Å². The van der Waals surface area contributed by atoms with Crippen molar-refractivity contribution < 1.29 is 0 Å². The molecule has 1 saturated heterocycles. The summed E-state index contributed by atoms with van der Waals surface area (Å²) in [5.74, 6) is 0.849. The molecule has 0 unspecified atom stereocenters. The zero-order valence-electron chi connectivity index (χ0n) is 12.5. The minimum absolute atomic E-state index is 0.770. The molecule has 0 radical (unpaired) electrons.